The lowest BCUT2D eigenvalue weighted by Gasteiger charge is -2.15. The van der Waals surface area contributed by atoms with Crippen molar-refractivity contribution in [2.45, 2.75) is 13.0 Å². The van der Waals surface area contributed by atoms with E-state index in [2.05, 4.69) is 15.3 Å². The van der Waals surface area contributed by atoms with Gasteiger partial charge in [0.15, 0.2) is 0 Å². The molecular formula is C19H17N3O2. The summed E-state index contributed by atoms with van der Waals surface area (Å²) in [7, 11) is 0. The van der Waals surface area contributed by atoms with Gasteiger partial charge in [0.05, 0.1) is 17.6 Å². The van der Waals surface area contributed by atoms with Crippen LogP contribution in [0.2, 0.25) is 0 Å². The van der Waals surface area contributed by atoms with Gasteiger partial charge in [-0.25, -0.2) is 14.8 Å². The van der Waals surface area contributed by atoms with Crippen LogP contribution in [0.25, 0.3) is 11.3 Å². The van der Waals surface area contributed by atoms with Gasteiger partial charge in [0, 0.05) is 5.56 Å². The highest BCUT2D eigenvalue weighted by Crippen LogP contribution is 2.25. The first-order valence-corrected chi connectivity index (χ1v) is 7.62. The number of benzene rings is 2. The van der Waals surface area contributed by atoms with Crippen molar-refractivity contribution in [2.24, 2.45) is 0 Å². The summed E-state index contributed by atoms with van der Waals surface area (Å²) in [6.45, 7) is 1.83. The molecule has 5 heteroatoms. The van der Waals surface area contributed by atoms with Gasteiger partial charge in [0.1, 0.15) is 12.4 Å². The van der Waals surface area contributed by atoms with Crippen molar-refractivity contribution >= 4 is 11.8 Å². The Morgan fingerprint density at radius 3 is 2.42 bits per heavy atom. The lowest BCUT2D eigenvalue weighted by molar-refractivity contribution is 0.121. The third kappa shape index (κ3) is 3.76. The maximum absolute atomic E-state index is 12.2. The van der Waals surface area contributed by atoms with Crippen molar-refractivity contribution in [3.63, 3.8) is 0 Å². The van der Waals surface area contributed by atoms with Gasteiger partial charge < -0.3 is 4.74 Å². The van der Waals surface area contributed by atoms with Crippen LogP contribution < -0.4 is 5.32 Å². The summed E-state index contributed by atoms with van der Waals surface area (Å²) in [6.07, 6.45) is 2.12. The molecule has 0 bridgehead atoms. The Bertz CT molecular complexity index is 807. The Hall–Kier alpha value is -3.21. The topological polar surface area (TPSA) is 64.1 Å². The second-order valence-corrected chi connectivity index (χ2v) is 5.23. The lowest BCUT2D eigenvalue weighted by Crippen LogP contribution is -2.17. The van der Waals surface area contributed by atoms with E-state index in [0.717, 1.165) is 11.1 Å². The van der Waals surface area contributed by atoms with Crippen molar-refractivity contribution in [3.05, 3.63) is 78.8 Å². The van der Waals surface area contributed by atoms with Crippen LogP contribution in [-0.2, 0) is 4.74 Å². The summed E-state index contributed by atoms with van der Waals surface area (Å²) in [5.41, 5.74) is 2.98. The molecule has 3 aromatic rings. The van der Waals surface area contributed by atoms with E-state index in [1.54, 1.807) is 6.20 Å². The molecule has 0 aliphatic carbocycles. The van der Waals surface area contributed by atoms with Crippen LogP contribution in [-0.4, -0.2) is 16.1 Å². The van der Waals surface area contributed by atoms with Crippen LogP contribution in [0.3, 0.4) is 0 Å². The van der Waals surface area contributed by atoms with E-state index in [4.69, 9.17) is 4.74 Å². The fraction of sp³-hybridized carbons (Fsp3) is 0.105. The maximum atomic E-state index is 12.2. The number of rotatable bonds is 4. The van der Waals surface area contributed by atoms with Crippen molar-refractivity contribution in [1.82, 2.24) is 9.97 Å². The number of hydrogen-bond donors (Lipinski definition) is 1. The zero-order valence-corrected chi connectivity index (χ0v) is 13.2. The normalized spacial score (nSPS) is 11.5. The minimum Gasteiger partial charge on any atom is -0.441 e. The molecule has 1 atom stereocenters. The Morgan fingerprint density at radius 1 is 1.04 bits per heavy atom. The largest absolute Gasteiger partial charge is 0.441 e. The van der Waals surface area contributed by atoms with Crippen LogP contribution in [0.1, 0.15) is 18.6 Å². The number of ether oxygens (including phenoxy) is 1. The zero-order valence-electron chi connectivity index (χ0n) is 13.2. The molecule has 120 valence electrons. The zero-order chi connectivity index (χ0) is 16.8. The molecule has 0 saturated heterocycles. The van der Waals surface area contributed by atoms with Gasteiger partial charge in [-0.05, 0) is 12.5 Å². The SMILES string of the molecule is CC(OC(=O)Nc1cncnc1-c1ccccc1)c1ccccc1. The highest BCUT2D eigenvalue weighted by molar-refractivity contribution is 5.89. The van der Waals surface area contributed by atoms with E-state index in [-0.39, 0.29) is 6.10 Å². The van der Waals surface area contributed by atoms with Crippen molar-refractivity contribution < 1.29 is 9.53 Å². The molecule has 1 aromatic heterocycles. The first kappa shape index (κ1) is 15.7. The quantitative estimate of drug-likeness (QED) is 0.771. The van der Waals surface area contributed by atoms with Gasteiger partial charge >= 0.3 is 6.09 Å². The Labute approximate surface area is 140 Å². The highest BCUT2D eigenvalue weighted by Gasteiger charge is 2.14. The van der Waals surface area contributed by atoms with Gasteiger partial charge in [-0.2, -0.15) is 0 Å². The van der Waals surface area contributed by atoms with E-state index in [9.17, 15) is 4.79 Å². The number of carbonyl (C=O) groups is 1. The first-order chi connectivity index (χ1) is 11.7. The molecule has 0 aliphatic heterocycles. The van der Waals surface area contributed by atoms with Crippen LogP contribution in [0.15, 0.2) is 73.2 Å². The maximum Gasteiger partial charge on any atom is 0.412 e. The molecule has 0 spiro atoms. The molecule has 1 amide bonds. The molecule has 5 nitrogen and oxygen atoms in total. The second kappa shape index (κ2) is 7.37. The minimum absolute atomic E-state index is 0.351. The molecule has 1 heterocycles. The number of aromatic nitrogens is 2. The van der Waals surface area contributed by atoms with Gasteiger partial charge in [0.2, 0.25) is 0 Å². The first-order valence-electron chi connectivity index (χ1n) is 7.62. The molecule has 1 unspecified atom stereocenters. The molecule has 0 aliphatic rings. The molecule has 0 fully saturated rings. The van der Waals surface area contributed by atoms with E-state index in [1.165, 1.54) is 6.33 Å². The fourth-order valence-corrected chi connectivity index (χ4v) is 2.34. The predicted octanol–water partition coefficient (Wildman–Crippen LogP) is 4.45. The van der Waals surface area contributed by atoms with Crippen molar-refractivity contribution in [1.29, 1.82) is 0 Å². The summed E-state index contributed by atoms with van der Waals surface area (Å²) in [6, 6.07) is 19.2. The second-order valence-electron chi connectivity index (χ2n) is 5.23. The third-order valence-electron chi connectivity index (χ3n) is 3.55. The fourth-order valence-electron chi connectivity index (χ4n) is 2.34. The molecular weight excluding hydrogens is 302 g/mol. The Kier molecular flexibility index (Phi) is 4.81. The Balaban J connectivity index is 1.74. The molecule has 2 aromatic carbocycles. The number of amides is 1. The van der Waals surface area contributed by atoms with E-state index >= 15 is 0 Å². The smallest absolute Gasteiger partial charge is 0.412 e. The standard InChI is InChI=1S/C19H17N3O2/c1-14(15-8-4-2-5-9-15)24-19(23)22-17-12-20-13-21-18(17)16-10-6-3-7-11-16/h2-14H,1H3,(H,22,23). The number of anilines is 1. The van der Waals surface area contributed by atoms with Crippen molar-refractivity contribution in [2.75, 3.05) is 5.32 Å². The van der Waals surface area contributed by atoms with E-state index < -0.39 is 6.09 Å². The summed E-state index contributed by atoms with van der Waals surface area (Å²) in [5.74, 6) is 0. The number of hydrogen-bond acceptors (Lipinski definition) is 4. The highest BCUT2D eigenvalue weighted by atomic mass is 16.6. The molecule has 24 heavy (non-hydrogen) atoms. The van der Waals surface area contributed by atoms with E-state index in [0.29, 0.717) is 11.4 Å². The molecule has 0 saturated carbocycles. The summed E-state index contributed by atoms with van der Waals surface area (Å²) >= 11 is 0. The van der Waals surface area contributed by atoms with Crippen LogP contribution in [0.5, 0.6) is 0 Å². The third-order valence-corrected chi connectivity index (χ3v) is 3.55. The summed E-state index contributed by atoms with van der Waals surface area (Å²) in [5, 5.41) is 2.72. The van der Waals surface area contributed by atoms with Gasteiger partial charge in [-0.1, -0.05) is 60.7 Å². The number of nitrogens with one attached hydrogen (secondary N) is 1. The van der Waals surface area contributed by atoms with Gasteiger partial charge in [0.25, 0.3) is 0 Å². The lowest BCUT2D eigenvalue weighted by atomic mass is 10.1. The van der Waals surface area contributed by atoms with Crippen LogP contribution >= 0.6 is 0 Å². The summed E-state index contributed by atoms with van der Waals surface area (Å²) < 4.78 is 5.43. The van der Waals surface area contributed by atoms with Crippen molar-refractivity contribution in [3.8, 4) is 11.3 Å². The average Bonchev–Trinajstić information content (AvgIpc) is 2.63. The predicted molar refractivity (Wildman–Crippen MR) is 92.4 cm³/mol. The number of nitrogens with zero attached hydrogens (tertiary/aromatic N) is 2. The molecule has 1 N–H and O–H groups in total. The molecule has 0 radical (unpaired) electrons. The van der Waals surface area contributed by atoms with Crippen LogP contribution in [0, 0.1) is 0 Å². The Morgan fingerprint density at radius 2 is 1.71 bits per heavy atom. The summed E-state index contributed by atoms with van der Waals surface area (Å²) in [4.78, 5) is 20.4. The monoisotopic (exact) mass is 319 g/mol. The van der Waals surface area contributed by atoms with Crippen LogP contribution in [0.4, 0.5) is 10.5 Å². The van der Waals surface area contributed by atoms with Gasteiger partial charge in [-0.3, -0.25) is 5.32 Å². The molecule has 3 rings (SSSR count). The minimum atomic E-state index is -0.543. The van der Waals surface area contributed by atoms with Gasteiger partial charge in [-0.15, -0.1) is 0 Å². The number of carbonyl (C=O) groups excluding carboxylic acids is 1. The average molecular weight is 319 g/mol. The van der Waals surface area contributed by atoms with E-state index in [1.807, 2.05) is 67.6 Å².